The fourth-order valence-corrected chi connectivity index (χ4v) is 4.42. The van der Waals surface area contributed by atoms with E-state index < -0.39 is 92.7 Å². The van der Waals surface area contributed by atoms with Crippen molar-refractivity contribution in [1.82, 2.24) is 0 Å². The Morgan fingerprint density at radius 3 is 1.87 bits per heavy atom. The highest BCUT2D eigenvalue weighted by atomic mass is 32.2. The molecule has 2 aromatic rings. The number of aliphatic carboxylic acids is 1. The Balaban J connectivity index is 2.35. The second-order valence-electron chi connectivity index (χ2n) is 6.32. The zero-order valence-electron chi connectivity index (χ0n) is 15.0. The number of non-ortho nitro benzene ring substituents is 1. The van der Waals surface area contributed by atoms with E-state index in [1.807, 2.05) is 0 Å². The maximum Gasteiger partial charge on any atom is 0.304 e. The first-order chi connectivity index (χ1) is 14.3. The molecule has 0 bridgehead atoms. The van der Waals surface area contributed by atoms with Gasteiger partial charge in [0.2, 0.25) is 0 Å². The molecule has 14 nitrogen and oxygen atoms in total. The number of nitro benzene ring substituents is 3. The lowest BCUT2D eigenvalue weighted by molar-refractivity contribution is -0.394. The van der Waals surface area contributed by atoms with E-state index in [9.17, 15) is 48.3 Å². The molecule has 2 aromatic carbocycles. The Kier molecular flexibility index (Phi) is 4.98. The lowest BCUT2D eigenvalue weighted by Crippen LogP contribution is -2.12. The van der Waals surface area contributed by atoms with E-state index in [1.54, 1.807) is 0 Å². The quantitative estimate of drug-likeness (QED) is 0.403. The molecule has 0 fully saturated rings. The van der Waals surface area contributed by atoms with E-state index >= 15 is 0 Å². The molecule has 0 spiro atoms. The molecule has 160 valence electrons. The molecule has 0 aromatic heterocycles. The maximum absolute atomic E-state index is 12.8. The molecule has 0 aliphatic heterocycles. The van der Waals surface area contributed by atoms with Crippen molar-refractivity contribution in [3.63, 3.8) is 0 Å². The minimum atomic E-state index is -4.37. The molecule has 0 amide bonds. The zero-order valence-corrected chi connectivity index (χ0v) is 15.8. The number of fused-ring (bicyclic) bond motifs is 3. The predicted molar refractivity (Wildman–Crippen MR) is 99.6 cm³/mol. The van der Waals surface area contributed by atoms with Crippen LogP contribution in [0.25, 0.3) is 11.1 Å². The normalized spacial score (nSPS) is 12.2. The van der Waals surface area contributed by atoms with Crippen LogP contribution in [0.1, 0.15) is 22.3 Å². The van der Waals surface area contributed by atoms with Gasteiger partial charge in [-0.15, -0.1) is 0 Å². The number of carbonyl (C=O) groups excluding carboxylic acids is 1. The van der Waals surface area contributed by atoms with Crippen molar-refractivity contribution in [2.75, 3.05) is 5.75 Å². The van der Waals surface area contributed by atoms with Crippen molar-refractivity contribution in [2.45, 2.75) is 11.3 Å². The Labute approximate surface area is 171 Å². The number of rotatable bonds is 7. The zero-order chi connectivity index (χ0) is 23.2. The summed E-state index contributed by atoms with van der Waals surface area (Å²) in [6, 6.07) is 2.58. The van der Waals surface area contributed by atoms with Crippen LogP contribution in [0.4, 0.5) is 17.1 Å². The number of carbonyl (C=O) groups is 2. The molecule has 0 saturated carbocycles. The van der Waals surface area contributed by atoms with Crippen LogP contribution in [0.3, 0.4) is 0 Å². The summed E-state index contributed by atoms with van der Waals surface area (Å²) < 4.78 is 24.8. The van der Waals surface area contributed by atoms with Crippen LogP contribution in [0, 0.1) is 30.3 Å². The standard InChI is InChI=1S/C16H9N3O11S/c20-13(21)1-2-31(29,30)8-5-10-15(12(6-8)19(27)28)14-9(16(10)22)3-7(17(23)24)4-11(14)18(25)26/h3-6H,1-2H2,(H,20,21). The molecule has 0 saturated heterocycles. The van der Waals surface area contributed by atoms with Crippen molar-refractivity contribution in [2.24, 2.45) is 0 Å². The Morgan fingerprint density at radius 2 is 1.39 bits per heavy atom. The first-order valence-electron chi connectivity index (χ1n) is 8.14. The highest BCUT2D eigenvalue weighted by molar-refractivity contribution is 7.91. The predicted octanol–water partition coefficient (Wildman–Crippen LogP) is 1.87. The molecular formula is C16H9N3O11S. The van der Waals surface area contributed by atoms with Crippen LogP contribution in [-0.2, 0) is 14.6 Å². The molecule has 31 heavy (non-hydrogen) atoms. The van der Waals surface area contributed by atoms with Gasteiger partial charge in [-0.1, -0.05) is 0 Å². The van der Waals surface area contributed by atoms with Gasteiger partial charge in [-0.05, 0) is 6.07 Å². The highest BCUT2D eigenvalue weighted by Gasteiger charge is 2.41. The van der Waals surface area contributed by atoms with Crippen LogP contribution in [0.5, 0.6) is 0 Å². The second kappa shape index (κ2) is 7.21. The van der Waals surface area contributed by atoms with E-state index in [0.717, 1.165) is 6.07 Å². The van der Waals surface area contributed by atoms with Crippen LogP contribution < -0.4 is 0 Å². The molecule has 0 atom stereocenters. The summed E-state index contributed by atoms with van der Waals surface area (Å²) in [5.74, 6) is -3.42. The third-order valence-corrected chi connectivity index (χ3v) is 6.18. The average Bonchev–Trinajstić information content (AvgIpc) is 2.97. The molecule has 3 rings (SSSR count). The molecule has 1 aliphatic carbocycles. The first kappa shape index (κ1) is 21.4. The Morgan fingerprint density at radius 1 is 0.871 bits per heavy atom. The molecule has 15 heteroatoms. The lowest BCUT2D eigenvalue weighted by atomic mass is 10.0. The monoisotopic (exact) mass is 451 g/mol. The van der Waals surface area contributed by atoms with Crippen molar-refractivity contribution in [3.05, 3.63) is 65.7 Å². The number of carboxylic acids is 1. The molecule has 1 aliphatic rings. The summed E-state index contributed by atoms with van der Waals surface area (Å²) >= 11 is 0. The van der Waals surface area contributed by atoms with Gasteiger partial charge in [0.1, 0.15) is 0 Å². The summed E-state index contributed by atoms with van der Waals surface area (Å²) in [4.78, 5) is 53.8. The second-order valence-corrected chi connectivity index (χ2v) is 8.42. The van der Waals surface area contributed by atoms with Crippen LogP contribution >= 0.6 is 0 Å². The highest BCUT2D eigenvalue weighted by Crippen LogP contribution is 2.49. The number of benzene rings is 2. The van der Waals surface area contributed by atoms with E-state index in [1.165, 1.54) is 0 Å². The number of hydrogen-bond donors (Lipinski definition) is 1. The Bertz CT molecular complexity index is 1330. The van der Waals surface area contributed by atoms with Crippen molar-refractivity contribution < 1.29 is 37.9 Å². The number of carboxylic acid groups (broad SMARTS) is 1. The average molecular weight is 451 g/mol. The largest absolute Gasteiger partial charge is 0.481 e. The van der Waals surface area contributed by atoms with Gasteiger partial charge >= 0.3 is 5.97 Å². The summed E-state index contributed by atoms with van der Waals surface area (Å²) in [7, 11) is -4.37. The third kappa shape index (κ3) is 3.57. The summed E-state index contributed by atoms with van der Waals surface area (Å²) in [6.45, 7) is 0. The minimum Gasteiger partial charge on any atom is -0.481 e. The van der Waals surface area contributed by atoms with E-state index in [-0.39, 0.29) is 0 Å². The number of nitro groups is 3. The topological polar surface area (TPSA) is 218 Å². The van der Waals surface area contributed by atoms with E-state index in [2.05, 4.69) is 0 Å². The minimum absolute atomic E-state index is 0.531. The van der Waals surface area contributed by atoms with Gasteiger partial charge in [-0.25, -0.2) is 8.42 Å². The van der Waals surface area contributed by atoms with Crippen molar-refractivity contribution >= 4 is 38.7 Å². The summed E-state index contributed by atoms with van der Waals surface area (Å²) in [6.07, 6.45) is -0.806. The lowest BCUT2D eigenvalue weighted by Gasteiger charge is -2.07. The third-order valence-electron chi connectivity index (χ3n) is 4.48. The SMILES string of the molecule is O=C(O)CCS(=O)(=O)c1cc2c(c([N+](=O)[O-])c1)-c1c(cc([N+](=O)[O-])cc1[N+](=O)[O-])C2=O. The molecule has 0 unspecified atom stereocenters. The number of nitrogens with zero attached hydrogens (tertiary/aromatic N) is 3. The van der Waals surface area contributed by atoms with Gasteiger partial charge in [-0.3, -0.25) is 39.9 Å². The van der Waals surface area contributed by atoms with Crippen LogP contribution in [0.15, 0.2) is 29.2 Å². The van der Waals surface area contributed by atoms with Gasteiger partial charge in [0.15, 0.2) is 15.6 Å². The fraction of sp³-hybridized carbons (Fsp3) is 0.125. The smallest absolute Gasteiger partial charge is 0.304 e. The fourth-order valence-electron chi connectivity index (χ4n) is 3.15. The van der Waals surface area contributed by atoms with Crippen molar-refractivity contribution in [3.8, 4) is 11.1 Å². The molecular weight excluding hydrogens is 442 g/mol. The van der Waals surface area contributed by atoms with Crippen LogP contribution in [-0.4, -0.2) is 45.8 Å². The van der Waals surface area contributed by atoms with Crippen LogP contribution in [0.2, 0.25) is 0 Å². The van der Waals surface area contributed by atoms with Gasteiger partial charge in [0, 0.05) is 23.3 Å². The molecule has 0 heterocycles. The number of ketones is 1. The Hall–Kier alpha value is -4.27. The summed E-state index contributed by atoms with van der Waals surface area (Å²) in [5.41, 5.74) is -4.87. The number of hydrogen-bond acceptors (Lipinski definition) is 10. The van der Waals surface area contributed by atoms with Gasteiger partial charge in [0.05, 0.1) is 49.0 Å². The van der Waals surface area contributed by atoms with Gasteiger partial charge < -0.3 is 5.11 Å². The van der Waals surface area contributed by atoms with Gasteiger partial charge in [0.25, 0.3) is 17.1 Å². The maximum atomic E-state index is 12.8. The van der Waals surface area contributed by atoms with E-state index in [0.29, 0.717) is 18.2 Å². The van der Waals surface area contributed by atoms with Gasteiger partial charge in [-0.2, -0.15) is 0 Å². The molecule has 1 N–H and O–H groups in total. The number of sulfone groups is 1. The van der Waals surface area contributed by atoms with Crippen molar-refractivity contribution in [1.29, 1.82) is 0 Å². The first-order valence-corrected chi connectivity index (χ1v) is 9.79. The molecule has 0 radical (unpaired) electrons. The summed E-state index contributed by atoms with van der Waals surface area (Å²) in [5, 5.41) is 42.8. The van der Waals surface area contributed by atoms with E-state index in [4.69, 9.17) is 5.11 Å².